The first kappa shape index (κ1) is 15.4. The Labute approximate surface area is 129 Å². The van der Waals surface area contributed by atoms with Crippen LogP contribution in [0.5, 0.6) is 5.75 Å². The van der Waals surface area contributed by atoms with E-state index in [1.807, 2.05) is 23.6 Å². The van der Waals surface area contributed by atoms with Crippen LogP contribution in [0.25, 0.3) is 0 Å². The highest BCUT2D eigenvalue weighted by Gasteiger charge is 2.08. The largest absolute Gasteiger partial charge is 0.487 e. The summed E-state index contributed by atoms with van der Waals surface area (Å²) in [5.74, 6) is 0.742. The summed E-state index contributed by atoms with van der Waals surface area (Å²) >= 11 is 7.99. The van der Waals surface area contributed by atoms with Crippen molar-refractivity contribution in [3.05, 3.63) is 51.2 Å². The van der Waals surface area contributed by atoms with Gasteiger partial charge in [0.05, 0.1) is 5.02 Å². The Bertz CT molecular complexity index is 527. The van der Waals surface area contributed by atoms with Gasteiger partial charge in [-0.25, -0.2) is 0 Å². The molecule has 1 atom stereocenters. The maximum atomic E-state index is 6.30. The molecule has 1 aromatic carbocycles. The minimum Gasteiger partial charge on any atom is -0.487 e. The second-order valence-corrected chi connectivity index (χ2v) is 6.17. The molecular weight excluding hydrogens is 290 g/mol. The Morgan fingerprint density at radius 3 is 2.85 bits per heavy atom. The van der Waals surface area contributed by atoms with Crippen molar-refractivity contribution < 1.29 is 4.74 Å². The van der Waals surface area contributed by atoms with Crippen LogP contribution in [0.2, 0.25) is 5.02 Å². The van der Waals surface area contributed by atoms with Crippen LogP contribution in [0.3, 0.4) is 0 Å². The lowest BCUT2D eigenvalue weighted by molar-refractivity contribution is 0.310. The molecule has 0 spiro atoms. The number of hydrogen-bond donors (Lipinski definition) is 1. The lowest BCUT2D eigenvalue weighted by Crippen LogP contribution is -2.19. The van der Waals surface area contributed by atoms with E-state index in [0.29, 0.717) is 17.7 Å². The summed E-state index contributed by atoms with van der Waals surface area (Å²) in [7, 11) is 0. The van der Waals surface area contributed by atoms with Crippen molar-refractivity contribution in [1.29, 1.82) is 0 Å². The van der Waals surface area contributed by atoms with E-state index in [0.717, 1.165) is 18.7 Å². The van der Waals surface area contributed by atoms with Gasteiger partial charge < -0.3 is 10.1 Å². The average Bonchev–Trinajstić information content (AvgIpc) is 2.96. The van der Waals surface area contributed by atoms with Gasteiger partial charge in [0.25, 0.3) is 0 Å². The van der Waals surface area contributed by atoms with Gasteiger partial charge in [0.1, 0.15) is 12.4 Å². The van der Waals surface area contributed by atoms with Gasteiger partial charge in [-0.3, -0.25) is 0 Å². The lowest BCUT2D eigenvalue weighted by atomic mass is 10.1. The van der Waals surface area contributed by atoms with E-state index in [4.69, 9.17) is 16.3 Å². The average molecular weight is 310 g/mol. The van der Waals surface area contributed by atoms with Gasteiger partial charge in [0.15, 0.2) is 0 Å². The van der Waals surface area contributed by atoms with Crippen molar-refractivity contribution in [1.82, 2.24) is 5.32 Å². The first-order valence-corrected chi connectivity index (χ1v) is 8.14. The predicted octanol–water partition coefficient (Wildman–Crippen LogP) is 5.04. The lowest BCUT2D eigenvalue weighted by Gasteiger charge is -2.15. The molecule has 2 nitrogen and oxygen atoms in total. The fourth-order valence-electron chi connectivity index (χ4n) is 1.93. The van der Waals surface area contributed by atoms with Gasteiger partial charge in [0, 0.05) is 10.9 Å². The normalized spacial score (nSPS) is 12.3. The Hall–Kier alpha value is -1.03. The van der Waals surface area contributed by atoms with E-state index in [2.05, 4.69) is 31.3 Å². The minimum atomic E-state index is 0.304. The van der Waals surface area contributed by atoms with Crippen LogP contribution in [0.4, 0.5) is 0 Å². The van der Waals surface area contributed by atoms with Crippen LogP contribution in [-0.2, 0) is 6.61 Å². The molecule has 108 valence electrons. The standard InChI is InChI=1S/C16H20ClNOS/c1-3-8-18-12(2)13-6-7-16(15(17)10-13)19-11-14-5-4-9-20-14/h4-7,9-10,12,18H,3,8,11H2,1-2H3. The van der Waals surface area contributed by atoms with Gasteiger partial charge in [0.2, 0.25) is 0 Å². The van der Waals surface area contributed by atoms with Crippen LogP contribution in [-0.4, -0.2) is 6.54 Å². The van der Waals surface area contributed by atoms with Gasteiger partial charge in [-0.05, 0) is 49.0 Å². The molecule has 0 amide bonds. The van der Waals surface area contributed by atoms with Gasteiger partial charge in [-0.2, -0.15) is 0 Å². The topological polar surface area (TPSA) is 21.3 Å². The zero-order valence-corrected chi connectivity index (χ0v) is 13.4. The second-order valence-electron chi connectivity index (χ2n) is 4.73. The number of ether oxygens (including phenoxy) is 1. The van der Waals surface area contributed by atoms with Gasteiger partial charge in [-0.15, -0.1) is 11.3 Å². The van der Waals surface area contributed by atoms with Crippen molar-refractivity contribution in [3.8, 4) is 5.75 Å². The summed E-state index contributed by atoms with van der Waals surface area (Å²) in [6.45, 7) is 5.89. The molecule has 0 saturated heterocycles. The smallest absolute Gasteiger partial charge is 0.138 e. The van der Waals surface area contributed by atoms with Crippen molar-refractivity contribution in [3.63, 3.8) is 0 Å². The van der Waals surface area contributed by atoms with Gasteiger partial charge >= 0.3 is 0 Å². The molecule has 20 heavy (non-hydrogen) atoms. The highest BCUT2D eigenvalue weighted by atomic mass is 35.5. The quantitative estimate of drug-likeness (QED) is 0.773. The second kappa shape index (κ2) is 7.67. The van der Waals surface area contributed by atoms with E-state index in [1.165, 1.54) is 10.4 Å². The fraction of sp³-hybridized carbons (Fsp3) is 0.375. The van der Waals surface area contributed by atoms with Crippen LogP contribution in [0, 0.1) is 0 Å². The Balaban J connectivity index is 1.98. The SMILES string of the molecule is CCCNC(C)c1ccc(OCc2cccs2)c(Cl)c1. The monoisotopic (exact) mass is 309 g/mol. The summed E-state index contributed by atoms with van der Waals surface area (Å²) in [4.78, 5) is 1.20. The maximum Gasteiger partial charge on any atom is 0.138 e. The summed E-state index contributed by atoms with van der Waals surface area (Å²) in [5.41, 5.74) is 1.19. The third kappa shape index (κ3) is 4.23. The molecule has 1 N–H and O–H groups in total. The van der Waals surface area contributed by atoms with E-state index in [-0.39, 0.29) is 0 Å². The number of rotatable bonds is 7. The van der Waals surface area contributed by atoms with Crippen molar-refractivity contribution >= 4 is 22.9 Å². The maximum absolute atomic E-state index is 6.30. The van der Waals surface area contributed by atoms with Crippen molar-refractivity contribution in [2.45, 2.75) is 32.9 Å². The van der Waals surface area contributed by atoms with Crippen LogP contribution >= 0.6 is 22.9 Å². The Morgan fingerprint density at radius 2 is 2.20 bits per heavy atom. The molecule has 0 fully saturated rings. The van der Waals surface area contributed by atoms with Crippen LogP contribution in [0.1, 0.15) is 36.8 Å². The summed E-state index contributed by atoms with van der Waals surface area (Å²) in [6, 6.07) is 10.4. The minimum absolute atomic E-state index is 0.304. The molecule has 1 unspecified atom stereocenters. The molecule has 0 aliphatic heterocycles. The molecule has 1 heterocycles. The predicted molar refractivity (Wildman–Crippen MR) is 86.8 cm³/mol. The molecule has 0 aliphatic carbocycles. The van der Waals surface area contributed by atoms with Crippen LogP contribution < -0.4 is 10.1 Å². The third-order valence-electron chi connectivity index (χ3n) is 3.11. The number of hydrogen-bond acceptors (Lipinski definition) is 3. The van der Waals surface area contributed by atoms with Crippen molar-refractivity contribution in [2.24, 2.45) is 0 Å². The Morgan fingerprint density at radius 1 is 1.35 bits per heavy atom. The summed E-state index contributed by atoms with van der Waals surface area (Å²) in [5, 5.41) is 6.17. The van der Waals surface area contributed by atoms with E-state index in [1.54, 1.807) is 11.3 Å². The third-order valence-corrected chi connectivity index (χ3v) is 4.25. The molecule has 1 aromatic heterocycles. The fourth-order valence-corrected chi connectivity index (χ4v) is 2.79. The Kier molecular flexibility index (Phi) is 5.89. The molecule has 4 heteroatoms. The number of benzene rings is 1. The van der Waals surface area contributed by atoms with Crippen LogP contribution in [0.15, 0.2) is 35.7 Å². The molecule has 0 radical (unpaired) electrons. The van der Waals surface area contributed by atoms with E-state index >= 15 is 0 Å². The number of nitrogens with one attached hydrogen (secondary N) is 1. The first-order chi connectivity index (χ1) is 9.70. The van der Waals surface area contributed by atoms with Gasteiger partial charge in [-0.1, -0.05) is 30.7 Å². The van der Waals surface area contributed by atoms with Crippen molar-refractivity contribution in [2.75, 3.05) is 6.54 Å². The molecular formula is C16H20ClNOS. The highest BCUT2D eigenvalue weighted by Crippen LogP contribution is 2.29. The molecule has 0 saturated carbocycles. The zero-order chi connectivity index (χ0) is 14.4. The van der Waals surface area contributed by atoms with E-state index < -0.39 is 0 Å². The summed E-state index contributed by atoms with van der Waals surface area (Å²) < 4.78 is 5.76. The number of halogens is 1. The summed E-state index contributed by atoms with van der Waals surface area (Å²) in [6.07, 6.45) is 1.13. The first-order valence-electron chi connectivity index (χ1n) is 6.88. The number of thiophene rings is 1. The molecule has 0 bridgehead atoms. The molecule has 2 aromatic rings. The zero-order valence-electron chi connectivity index (χ0n) is 11.9. The van der Waals surface area contributed by atoms with E-state index in [9.17, 15) is 0 Å². The molecule has 2 rings (SSSR count). The molecule has 0 aliphatic rings. The highest BCUT2D eigenvalue weighted by molar-refractivity contribution is 7.09.